The maximum atomic E-state index is 11.6. The minimum Gasteiger partial charge on any atom is -0.364 e. The summed E-state index contributed by atoms with van der Waals surface area (Å²) in [5.74, 6) is -0.506. The summed E-state index contributed by atoms with van der Waals surface area (Å²) in [6.07, 6.45) is 0. The van der Waals surface area contributed by atoms with Gasteiger partial charge in [-0.1, -0.05) is 54.6 Å². The molecule has 0 radical (unpaired) electrons. The van der Waals surface area contributed by atoms with Crippen LogP contribution in [0.15, 0.2) is 60.7 Å². The Labute approximate surface area is 110 Å². The molecule has 1 amide bonds. The second-order valence-corrected chi connectivity index (χ2v) is 4.31. The van der Waals surface area contributed by atoms with Crippen LogP contribution in [0, 0.1) is 0 Å². The number of carbonyl (C=O) groups excluding carboxylic acids is 1. The number of hydrogen-bond donors (Lipinski definition) is 1. The average molecular weight is 248 g/mol. The van der Waals surface area contributed by atoms with Crippen LogP contribution in [-0.4, -0.2) is 10.9 Å². The number of fused-ring (bicyclic) bond motifs is 1. The highest BCUT2D eigenvalue weighted by Gasteiger charge is 2.11. The van der Waals surface area contributed by atoms with Crippen molar-refractivity contribution in [1.29, 1.82) is 0 Å². The highest BCUT2D eigenvalue weighted by Crippen LogP contribution is 2.24. The second kappa shape index (κ2) is 4.53. The first-order chi connectivity index (χ1) is 9.25. The van der Waals surface area contributed by atoms with Crippen LogP contribution >= 0.6 is 0 Å². The number of pyridine rings is 1. The largest absolute Gasteiger partial charge is 0.364 e. The van der Waals surface area contributed by atoms with E-state index >= 15 is 0 Å². The Morgan fingerprint density at radius 2 is 1.63 bits per heavy atom. The number of rotatable bonds is 2. The van der Waals surface area contributed by atoms with Crippen molar-refractivity contribution in [2.75, 3.05) is 0 Å². The third-order valence-corrected chi connectivity index (χ3v) is 3.04. The highest BCUT2D eigenvalue weighted by molar-refractivity contribution is 6.05. The molecule has 2 N–H and O–H groups in total. The van der Waals surface area contributed by atoms with Crippen LogP contribution in [0.3, 0.4) is 0 Å². The summed E-state index contributed by atoms with van der Waals surface area (Å²) >= 11 is 0. The molecular weight excluding hydrogens is 236 g/mol. The van der Waals surface area contributed by atoms with Crippen LogP contribution in [0.5, 0.6) is 0 Å². The lowest BCUT2D eigenvalue weighted by atomic mass is 10.0. The maximum Gasteiger partial charge on any atom is 0.267 e. The first-order valence-corrected chi connectivity index (χ1v) is 6.01. The van der Waals surface area contributed by atoms with E-state index in [0.717, 1.165) is 22.0 Å². The van der Waals surface area contributed by atoms with Gasteiger partial charge in [0.25, 0.3) is 5.91 Å². The van der Waals surface area contributed by atoms with E-state index in [1.165, 1.54) is 0 Å². The van der Waals surface area contributed by atoms with Crippen molar-refractivity contribution in [3.63, 3.8) is 0 Å². The number of aromatic nitrogens is 1. The summed E-state index contributed by atoms with van der Waals surface area (Å²) in [6, 6.07) is 19.3. The first-order valence-electron chi connectivity index (χ1n) is 6.01. The topological polar surface area (TPSA) is 56.0 Å². The van der Waals surface area contributed by atoms with Crippen molar-refractivity contribution in [2.45, 2.75) is 0 Å². The number of nitrogens with zero attached hydrogens (tertiary/aromatic N) is 1. The Bertz CT molecular complexity index is 751. The van der Waals surface area contributed by atoms with E-state index in [2.05, 4.69) is 4.98 Å². The van der Waals surface area contributed by atoms with E-state index in [-0.39, 0.29) is 0 Å². The number of amides is 1. The Balaban J connectivity index is 2.31. The van der Waals surface area contributed by atoms with Crippen LogP contribution in [-0.2, 0) is 0 Å². The molecule has 0 atom stereocenters. The van der Waals surface area contributed by atoms with Crippen LogP contribution < -0.4 is 5.73 Å². The van der Waals surface area contributed by atoms with Crippen molar-refractivity contribution in [3.8, 4) is 11.3 Å². The van der Waals surface area contributed by atoms with Crippen LogP contribution in [0.4, 0.5) is 0 Å². The molecule has 3 heteroatoms. The molecule has 0 aliphatic carbocycles. The third kappa shape index (κ3) is 2.06. The Hall–Kier alpha value is -2.68. The zero-order valence-electron chi connectivity index (χ0n) is 10.2. The summed E-state index contributed by atoms with van der Waals surface area (Å²) in [6.45, 7) is 0. The molecule has 3 aromatic rings. The summed E-state index contributed by atoms with van der Waals surface area (Å²) in [5.41, 5.74) is 7.47. The van der Waals surface area contributed by atoms with Gasteiger partial charge in [-0.25, -0.2) is 4.98 Å². The normalized spacial score (nSPS) is 10.5. The fourth-order valence-electron chi connectivity index (χ4n) is 2.14. The summed E-state index contributed by atoms with van der Waals surface area (Å²) in [7, 11) is 0. The van der Waals surface area contributed by atoms with Crippen LogP contribution in [0.2, 0.25) is 0 Å². The molecule has 0 saturated carbocycles. The molecule has 0 fully saturated rings. The van der Waals surface area contributed by atoms with Crippen molar-refractivity contribution in [1.82, 2.24) is 4.98 Å². The molecule has 0 saturated heterocycles. The van der Waals surface area contributed by atoms with Crippen molar-refractivity contribution < 1.29 is 4.79 Å². The third-order valence-electron chi connectivity index (χ3n) is 3.04. The summed E-state index contributed by atoms with van der Waals surface area (Å²) in [4.78, 5) is 16.0. The molecule has 2 aromatic carbocycles. The highest BCUT2D eigenvalue weighted by atomic mass is 16.1. The molecule has 3 nitrogen and oxygen atoms in total. The van der Waals surface area contributed by atoms with Gasteiger partial charge in [-0.05, 0) is 11.5 Å². The number of nitrogens with two attached hydrogens (primary N) is 1. The van der Waals surface area contributed by atoms with Gasteiger partial charge in [0.1, 0.15) is 5.69 Å². The van der Waals surface area contributed by atoms with Gasteiger partial charge in [-0.15, -0.1) is 0 Å². The second-order valence-electron chi connectivity index (χ2n) is 4.31. The molecule has 0 aliphatic rings. The van der Waals surface area contributed by atoms with E-state index in [1.54, 1.807) is 0 Å². The number of primary amides is 1. The zero-order valence-corrected chi connectivity index (χ0v) is 10.2. The molecule has 1 aromatic heterocycles. The van der Waals surface area contributed by atoms with Gasteiger partial charge in [0, 0.05) is 10.9 Å². The smallest absolute Gasteiger partial charge is 0.267 e. The van der Waals surface area contributed by atoms with Gasteiger partial charge in [-0.2, -0.15) is 0 Å². The minimum absolute atomic E-state index is 0.317. The molecule has 92 valence electrons. The van der Waals surface area contributed by atoms with E-state index in [0.29, 0.717) is 5.69 Å². The van der Waals surface area contributed by atoms with Gasteiger partial charge in [0.05, 0.1) is 5.69 Å². The van der Waals surface area contributed by atoms with Crippen LogP contribution in [0.25, 0.3) is 22.0 Å². The standard InChI is InChI=1S/C16H12N2O/c17-16(19)15-13-9-5-4-8-12(13)10-14(18-15)11-6-2-1-3-7-11/h1-10H,(H2,17,19). The van der Waals surface area contributed by atoms with E-state index in [4.69, 9.17) is 5.73 Å². The van der Waals surface area contributed by atoms with Gasteiger partial charge < -0.3 is 5.73 Å². The van der Waals surface area contributed by atoms with E-state index in [9.17, 15) is 4.79 Å². The van der Waals surface area contributed by atoms with Gasteiger partial charge in [0.2, 0.25) is 0 Å². The first kappa shape index (κ1) is 11.4. The predicted octanol–water partition coefficient (Wildman–Crippen LogP) is 3.00. The molecular formula is C16H12N2O. The van der Waals surface area contributed by atoms with Crippen molar-refractivity contribution in [3.05, 3.63) is 66.4 Å². The van der Waals surface area contributed by atoms with Gasteiger partial charge in [-0.3, -0.25) is 4.79 Å². The summed E-state index contributed by atoms with van der Waals surface area (Å²) in [5, 5.41) is 1.75. The fraction of sp³-hybridized carbons (Fsp3) is 0. The Kier molecular flexibility index (Phi) is 2.72. The van der Waals surface area contributed by atoms with Crippen LogP contribution in [0.1, 0.15) is 10.5 Å². The van der Waals surface area contributed by atoms with Gasteiger partial charge >= 0.3 is 0 Å². The fourth-order valence-corrected chi connectivity index (χ4v) is 2.14. The zero-order chi connectivity index (χ0) is 13.2. The predicted molar refractivity (Wildman–Crippen MR) is 75.7 cm³/mol. The Morgan fingerprint density at radius 3 is 2.37 bits per heavy atom. The quantitative estimate of drug-likeness (QED) is 0.758. The Morgan fingerprint density at radius 1 is 0.947 bits per heavy atom. The molecule has 19 heavy (non-hydrogen) atoms. The average Bonchev–Trinajstić information content (AvgIpc) is 2.47. The van der Waals surface area contributed by atoms with Crippen molar-refractivity contribution in [2.24, 2.45) is 5.73 Å². The van der Waals surface area contributed by atoms with E-state index < -0.39 is 5.91 Å². The SMILES string of the molecule is NC(=O)c1nc(-c2ccccc2)cc2ccccc12. The molecule has 0 aliphatic heterocycles. The monoisotopic (exact) mass is 248 g/mol. The molecule has 1 heterocycles. The lowest BCUT2D eigenvalue weighted by Crippen LogP contribution is -2.14. The van der Waals surface area contributed by atoms with Crippen molar-refractivity contribution >= 4 is 16.7 Å². The molecule has 3 rings (SSSR count). The number of benzene rings is 2. The number of hydrogen-bond acceptors (Lipinski definition) is 2. The summed E-state index contributed by atoms with van der Waals surface area (Å²) < 4.78 is 0. The lowest BCUT2D eigenvalue weighted by molar-refractivity contribution is 0.0997. The lowest BCUT2D eigenvalue weighted by Gasteiger charge is -2.07. The maximum absolute atomic E-state index is 11.6. The number of carbonyl (C=O) groups is 1. The van der Waals surface area contributed by atoms with E-state index in [1.807, 2.05) is 60.7 Å². The van der Waals surface area contributed by atoms with Gasteiger partial charge in [0.15, 0.2) is 0 Å². The molecule has 0 bridgehead atoms. The molecule has 0 spiro atoms. The minimum atomic E-state index is -0.506. The molecule has 0 unspecified atom stereocenters.